The molecular formula is C13H25NO2S. The molecule has 100 valence electrons. The van der Waals surface area contributed by atoms with E-state index in [1.165, 1.54) is 12.2 Å². The minimum absolute atomic E-state index is 0.123. The first-order chi connectivity index (χ1) is 8.13. The molecule has 1 aliphatic heterocycles. The summed E-state index contributed by atoms with van der Waals surface area (Å²) >= 11 is 1.91. The summed E-state index contributed by atoms with van der Waals surface area (Å²) in [4.78, 5) is 13.6. The topological polar surface area (TPSA) is 29.5 Å². The average molecular weight is 259 g/mol. The SMILES string of the molecule is CSCCC1CCN(C(=O)OCC(C)C)CC1. The van der Waals surface area contributed by atoms with Crippen molar-refractivity contribution in [1.82, 2.24) is 4.90 Å². The Hall–Kier alpha value is -0.380. The molecule has 1 fully saturated rings. The number of carbonyl (C=O) groups is 1. The summed E-state index contributed by atoms with van der Waals surface area (Å²) < 4.78 is 5.24. The molecule has 1 saturated heterocycles. The molecular weight excluding hydrogens is 234 g/mol. The smallest absolute Gasteiger partial charge is 0.409 e. The fourth-order valence-electron chi connectivity index (χ4n) is 2.02. The van der Waals surface area contributed by atoms with Crippen LogP contribution in [0.3, 0.4) is 0 Å². The van der Waals surface area contributed by atoms with Gasteiger partial charge in [0.2, 0.25) is 0 Å². The lowest BCUT2D eigenvalue weighted by Crippen LogP contribution is -2.39. The van der Waals surface area contributed by atoms with E-state index in [9.17, 15) is 4.79 Å². The van der Waals surface area contributed by atoms with Gasteiger partial charge in [-0.2, -0.15) is 11.8 Å². The summed E-state index contributed by atoms with van der Waals surface area (Å²) in [6.07, 6.45) is 5.59. The number of carbonyl (C=O) groups excluding carboxylic acids is 1. The number of piperidine rings is 1. The van der Waals surface area contributed by atoms with Crippen molar-refractivity contribution >= 4 is 17.9 Å². The quantitative estimate of drug-likeness (QED) is 0.759. The van der Waals surface area contributed by atoms with Gasteiger partial charge in [0, 0.05) is 13.1 Å². The average Bonchev–Trinajstić information content (AvgIpc) is 2.34. The molecule has 1 heterocycles. The van der Waals surface area contributed by atoms with Crippen LogP contribution in [0, 0.1) is 11.8 Å². The molecule has 0 saturated carbocycles. The first-order valence-electron chi connectivity index (χ1n) is 6.54. The zero-order valence-electron chi connectivity index (χ0n) is 11.3. The van der Waals surface area contributed by atoms with E-state index >= 15 is 0 Å². The van der Waals surface area contributed by atoms with Crippen molar-refractivity contribution in [2.75, 3.05) is 31.7 Å². The predicted molar refractivity (Wildman–Crippen MR) is 73.5 cm³/mol. The van der Waals surface area contributed by atoms with E-state index in [1.807, 2.05) is 16.7 Å². The van der Waals surface area contributed by atoms with Crippen LogP contribution < -0.4 is 0 Å². The van der Waals surface area contributed by atoms with Gasteiger partial charge in [-0.3, -0.25) is 0 Å². The van der Waals surface area contributed by atoms with Crippen molar-refractivity contribution in [3.63, 3.8) is 0 Å². The van der Waals surface area contributed by atoms with Gasteiger partial charge in [0.05, 0.1) is 6.61 Å². The van der Waals surface area contributed by atoms with Crippen LogP contribution in [0.2, 0.25) is 0 Å². The first-order valence-corrected chi connectivity index (χ1v) is 7.93. The van der Waals surface area contributed by atoms with Gasteiger partial charge in [0.25, 0.3) is 0 Å². The van der Waals surface area contributed by atoms with Gasteiger partial charge in [0.1, 0.15) is 0 Å². The van der Waals surface area contributed by atoms with Gasteiger partial charge in [0.15, 0.2) is 0 Å². The number of likely N-dealkylation sites (tertiary alicyclic amines) is 1. The minimum atomic E-state index is -0.123. The molecule has 0 aromatic carbocycles. The highest BCUT2D eigenvalue weighted by atomic mass is 32.2. The van der Waals surface area contributed by atoms with E-state index in [-0.39, 0.29) is 6.09 Å². The summed E-state index contributed by atoms with van der Waals surface area (Å²) in [6, 6.07) is 0. The Morgan fingerprint density at radius 2 is 2.06 bits per heavy atom. The van der Waals surface area contributed by atoms with E-state index in [0.29, 0.717) is 12.5 Å². The highest BCUT2D eigenvalue weighted by Gasteiger charge is 2.23. The van der Waals surface area contributed by atoms with E-state index in [4.69, 9.17) is 4.74 Å². The number of thioether (sulfide) groups is 1. The van der Waals surface area contributed by atoms with Gasteiger partial charge in [-0.1, -0.05) is 13.8 Å². The van der Waals surface area contributed by atoms with Crippen molar-refractivity contribution in [3.05, 3.63) is 0 Å². The lowest BCUT2D eigenvalue weighted by Gasteiger charge is -2.31. The Bertz CT molecular complexity index is 225. The zero-order chi connectivity index (χ0) is 12.7. The third-order valence-corrected chi connectivity index (χ3v) is 3.79. The van der Waals surface area contributed by atoms with Crippen LogP contribution in [0.4, 0.5) is 4.79 Å². The molecule has 0 radical (unpaired) electrons. The molecule has 0 atom stereocenters. The molecule has 4 heteroatoms. The van der Waals surface area contributed by atoms with E-state index in [0.717, 1.165) is 31.8 Å². The second-order valence-corrected chi connectivity index (χ2v) is 6.17. The number of hydrogen-bond donors (Lipinski definition) is 0. The zero-order valence-corrected chi connectivity index (χ0v) is 12.1. The van der Waals surface area contributed by atoms with E-state index in [2.05, 4.69) is 20.1 Å². The number of amides is 1. The first kappa shape index (κ1) is 14.7. The second-order valence-electron chi connectivity index (χ2n) is 5.18. The summed E-state index contributed by atoms with van der Waals surface area (Å²) in [5, 5.41) is 0. The van der Waals surface area contributed by atoms with Crippen LogP contribution in [0.15, 0.2) is 0 Å². The fourth-order valence-corrected chi connectivity index (χ4v) is 2.59. The largest absolute Gasteiger partial charge is 0.449 e. The number of ether oxygens (including phenoxy) is 1. The molecule has 1 amide bonds. The Morgan fingerprint density at radius 3 is 2.59 bits per heavy atom. The van der Waals surface area contributed by atoms with Crippen molar-refractivity contribution < 1.29 is 9.53 Å². The summed E-state index contributed by atoms with van der Waals surface area (Å²) in [5.74, 6) is 2.46. The van der Waals surface area contributed by atoms with Crippen LogP contribution in [0.1, 0.15) is 33.1 Å². The predicted octanol–water partition coefficient (Wildman–Crippen LogP) is 3.24. The third-order valence-electron chi connectivity index (χ3n) is 3.14. The van der Waals surface area contributed by atoms with Crippen LogP contribution in [0.25, 0.3) is 0 Å². The molecule has 3 nitrogen and oxygen atoms in total. The summed E-state index contributed by atoms with van der Waals surface area (Å²) in [6.45, 7) is 6.39. The standard InChI is InChI=1S/C13H25NO2S/c1-11(2)10-16-13(15)14-7-4-12(5-8-14)6-9-17-3/h11-12H,4-10H2,1-3H3. The van der Waals surface area contributed by atoms with Gasteiger partial charge >= 0.3 is 6.09 Å². The third kappa shape index (κ3) is 5.66. The van der Waals surface area contributed by atoms with Crippen molar-refractivity contribution in [1.29, 1.82) is 0 Å². The lowest BCUT2D eigenvalue weighted by atomic mass is 9.95. The molecule has 0 bridgehead atoms. The highest BCUT2D eigenvalue weighted by molar-refractivity contribution is 7.98. The van der Waals surface area contributed by atoms with Crippen molar-refractivity contribution in [3.8, 4) is 0 Å². The van der Waals surface area contributed by atoms with Crippen molar-refractivity contribution in [2.24, 2.45) is 11.8 Å². The van der Waals surface area contributed by atoms with Gasteiger partial charge in [-0.25, -0.2) is 4.79 Å². The Labute approximate surface area is 109 Å². The van der Waals surface area contributed by atoms with Crippen LogP contribution in [0.5, 0.6) is 0 Å². The van der Waals surface area contributed by atoms with Crippen LogP contribution >= 0.6 is 11.8 Å². The molecule has 0 spiro atoms. The van der Waals surface area contributed by atoms with E-state index in [1.54, 1.807) is 0 Å². The Kier molecular flexibility index (Phi) is 6.78. The van der Waals surface area contributed by atoms with E-state index < -0.39 is 0 Å². The number of nitrogens with zero attached hydrogens (tertiary/aromatic N) is 1. The summed E-state index contributed by atoms with van der Waals surface area (Å²) in [7, 11) is 0. The summed E-state index contributed by atoms with van der Waals surface area (Å²) in [5.41, 5.74) is 0. The van der Waals surface area contributed by atoms with Gasteiger partial charge < -0.3 is 9.64 Å². The molecule has 0 aliphatic carbocycles. The van der Waals surface area contributed by atoms with Crippen LogP contribution in [-0.4, -0.2) is 42.7 Å². The monoisotopic (exact) mass is 259 g/mol. The molecule has 0 N–H and O–H groups in total. The molecule has 17 heavy (non-hydrogen) atoms. The van der Waals surface area contributed by atoms with Gasteiger partial charge in [-0.05, 0) is 43.1 Å². The molecule has 0 aromatic rings. The molecule has 0 unspecified atom stereocenters. The maximum absolute atomic E-state index is 11.7. The Morgan fingerprint density at radius 1 is 1.41 bits per heavy atom. The maximum atomic E-state index is 11.7. The lowest BCUT2D eigenvalue weighted by molar-refractivity contribution is 0.0788. The second kappa shape index (κ2) is 7.85. The normalized spacial score (nSPS) is 17.5. The fraction of sp³-hybridized carbons (Fsp3) is 0.923. The van der Waals surface area contributed by atoms with Crippen LogP contribution in [-0.2, 0) is 4.74 Å². The number of rotatable bonds is 5. The van der Waals surface area contributed by atoms with Gasteiger partial charge in [-0.15, -0.1) is 0 Å². The highest BCUT2D eigenvalue weighted by Crippen LogP contribution is 2.22. The number of hydrogen-bond acceptors (Lipinski definition) is 3. The molecule has 0 aromatic heterocycles. The Balaban J connectivity index is 2.19. The van der Waals surface area contributed by atoms with Crippen molar-refractivity contribution in [2.45, 2.75) is 33.1 Å². The maximum Gasteiger partial charge on any atom is 0.409 e. The minimum Gasteiger partial charge on any atom is -0.449 e. The molecule has 1 aliphatic rings. The molecule has 1 rings (SSSR count).